The van der Waals surface area contributed by atoms with Gasteiger partial charge in [0.25, 0.3) is 0 Å². The number of rotatable bonds is 5. The van der Waals surface area contributed by atoms with Crippen molar-refractivity contribution in [3.05, 3.63) is 60.2 Å². The molecule has 0 saturated carbocycles. The quantitative estimate of drug-likeness (QED) is 0.828. The summed E-state index contributed by atoms with van der Waals surface area (Å²) in [4.78, 5) is 33.2. The molecule has 0 aliphatic carbocycles. The second-order valence-electron chi connectivity index (χ2n) is 4.84. The Balaban J connectivity index is 1.78. The Hall–Kier alpha value is -2.76. The second kappa shape index (κ2) is 7.87. The Labute approximate surface area is 129 Å². The molecule has 0 fully saturated rings. The van der Waals surface area contributed by atoms with Gasteiger partial charge in [-0.1, -0.05) is 6.07 Å². The van der Waals surface area contributed by atoms with Gasteiger partial charge in [-0.05, 0) is 36.2 Å². The minimum Gasteiger partial charge on any atom is -0.342 e. The SMILES string of the molecule is CN(CCc1ccncc1)C(=O)C(=O)NCc1ccccn1. The average molecular weight is 298 g/mol. The van der Waals surface area contributed by atoms with E-state index in [0.29, 0.717) is 18.7 Å². The first-order valence-electron chi connectivity index (χ1n) is 6.99. The van der Waals surface area contributed by atoms with Crippen molar-refractivity contribution < 1.29 is 9.59 Å². The summed E-state index contributed by atoms with van der Waals surface area (Å²) >= 11 is 0. The molecule has 0 unspecified atom stereocenters. The van der Waals surface area contributed by atoms with Crippen LogP contribution in [0.3, 0.4) is 0 Å². The number of nitrogens with one attached hydrogen (secondary N) is 1. The van der Waals surface area contributed by atoms with E-state index >= 15 is 0 Å². The van der Waals surface area contributed by atoms with Gasteiger partial charge < -0.3 is 10.2 Å². The third-order valence-corrected chi connectivity index (χ3v) is 3.18. The van der Waals surface area contributed by atoms with E-state index in [1.807, 2.05) is 18.2 Å². The Bertz CT molecular complexity index is 617. The van der Waals surface area contributed by atoms with Crippen molar-refractivity contribution in [1.29, 1.82) is 0 Å². The van der Waals surface area contributed by atoms with E-state index in [4.69, 9.17) is 0 Å². The summed E-state index contributed by atoms with van der Waals surface area (Å²) in [7, 11) is 1.61. The highest BCUT2D eigenvalue weighted by atomic mass is 16.2. The number of carbonyl (C=O) groups excluding carboxylic acids is 2. The van der Waals surface area contributed by atoms with Crippen LogP contribution in [0.25, 0.3) is 0 Å². The van der Waals surface area contributed by atoms with Crippen molar-refractivity contribution in [2.45, 2.75) is 13.0 Å². The molecule has 0 aliphatic heterocycles. The minimum absolute atomic E-state index is 0.240. The topological polar surface area (TPSA) is 75.2 Å². The molecule has 0 saturated heterocycles. The zero-order valence-electron chi connectivity index (χ0n) is 12.4. The summed E-state index contributed by atoms with van der Waals surface area (Å²) in [5, 5.41) is 2.58. The lowest BCUT2D eigenvalue weighted by Gasteiger charge is -2.16. The van der Waals surface area contributed by atoms with Gasteiger partial charge >= 0.3 is 11.8 Å². The van der Waals surface area contributed by atoms with Crippen LogP contribution in [0.4, 0.5) is 0 Å². The zero-order chi connectivity index (χ0) is 15.8. The molecule has 2 aromatic rings. The van der Waals surface area contributed by atoms with E-state index in [0.717, 1.165) is 5.56 Å². The number of aromatic nitrogens is 2. The first kappa shape index (κ1) is 15.6. The number of pyridine rings is 2. The Morgan fingerprint density at radius 2 is 1.91 bits per heavy atom. The fourth-order valence-corrected chi connectivity index (χ4v) is 1.87. The lowest BCUT2D eigenvalue weighted by molar-refractivity contribution is -0.145. The monoisotopic (exact) mass is 298 g/mol. The first-order chi connectivity index (χ1) is 10.7. The number of nitrogens with zero attached hydrogens (tertiary/aromatic N) is 3. The van der Waals surface area contributed by atoms with Crippen LogP contribution in [-0.4, -0.2) is 40.3 Å². The van der Waals surface area contributed by atoms with Crippen LogP contribution in [-0.2, 0) is 22.6 Å². The fraction of sp³-hybridized carbons (Fsp3) is 0.250. The highest BCUT2D eigenvalue weighted by Crippen LogP contribution is 1.99. The number of hydrogen-bond donors (Lipinski definition) is 1. The van der Waals surface area contributed by atoms with Crippen molar-refractivity contribution in [3.63, 3.8) is 0 Å². The van der Waals surface area contributed by atoms with Gasteiger partial charge in [-0.2, -0.15) is 0 Å². The van der Waals surface area contributed by atoms with E-state index in [1.165, 1.54) is 4.90 Å². The molecular formula is C16H18N4O2. The van der Waals surface area contributed by atoms with Crippen LogP contribution in [0.1, 0.15) is 11.3 Å². The highest BCUT2D eigenvalue weighted by Gasteiger charge is 2.18. The molecule has 6 heteroatoms. The molecule has 0 bridgehead atoms. The third kappa shape index (κ3) is 4.66. The summed E-state index contributed by atoms with van der Waals surface area (Å²) in [6.07, 6.45) is 5.73. The maximum Gasteiger partial charge on any atom is 0.311 e. The molecule has 0 spiro atoms. The highest BCUT2D eigenvalue weighted by molar-refractivity contribution is 6.34. The molecule has 114 valence electrons. The van der Waals surface area contributed by atoms with Crippen molar-refractivity contribution in [1.82, 2.24) is 20.2 Å². The molecule has 1 N–H and O–H groups in total. The molecule has 2 aromatic heterocycles. The van der Waals surface area contributed by atoms with E-state index in [9.17, 15) is 9.59 Å². The van der Waals surface area contributed by atoms with E-state index in [1.54, 1.807) is 37.8 Å². The lowest BCUT2D eigenvalue weighted by Crippen LogP contribution is -2.41. The maximum atomic E-state index is 12.0. The number of carbonyl (C=O) groups is 2. The molecule has 0 aliphatic rings. The minimum atomic E-state index is -0.622. The maximum absolute atomic E-state index is 12.0. The summed E-state index contributed by atoms with van der Waals surface area (Å²) in [6.45, 7) is 0.712. The normalized spacial score (nSPS) is 10.0. The van der Waals surface area contributed by atoms with Gasteiger partial charge in [-0.3, -0.25) is 19.6 Å². The Morgan fingerprint density at radius 3 is 2.59 bits per heavy atom. The predicted molar refractivity (Wildman–Crippen MR) is 81.7 cm³/mol. The smallest absolute Gasteiger partial charge is 0.311 e. The van der Waals surface area contributed by atoms with E-state index < -0.39 is 11.8 Å². The molecule has 22 heavy (non-hydrogen) atoms. The molecule has 0 aromatic carbocycles. The third-order valence-electron chi connectivity index (χ3n) is 3.18. The van der Waals surface area contributed by atoms with Crippen LogP contribution < -0.4 is 5.32 Å². The van der Waals surface area contributed by atoms with E-state index in [2.05, 4.69) is 15.3 Å². The van der Waals surface area contributed by atoms with Gasteiger partial charge in [0.05, 0.1) is 12.2 Å². The molecular weight excluding hydrogens is 280 g/mol. The van der Waals surface area contributed by atoms with Gasteiger partial charge in [0.2, 0.25) is 0 Å². The summed E-state index contributed by atoms with van der Waals surface area (Å²) in [5.41, 5.74) is 1.78. The fourth-order valence-electron chi connectivity index (χ4n) is 1.87. The average Bonchev–Trinajstić information content (AvgIpc) is 2.58. The van der Waals surface area contributed by atoms with Gasteiger partial charge in [-0.15, -0.1) is 0 Å². The van der Waals surface area contributed by atoms with Crippen LogP contribution >= 0.6 is 0 Å². The van der Waals surface area contributed by atoms with Crippen molar-refractivity contribution in [2.24, 2.45) is 0 Å². The molecule has 6 nitrogen and oxygen atoms in total. The van der Waals surface area contributed by atoms with Gasteiger partial charge in [-0.25, -0.2) is 0 Å². The summed E-state index contributed by atoms with van der Waals surface area (Å²) in [5.74, 6) is -1.17. The standard InChI is InChI=1S/C16H18N4O2/c1-20(11-7-13-5-9-17-10-6-13)16(22)15(21)19-12-14-4-2-3-8-18-14/h2-6,8-10H,7,11-12H2,1H3,(H,19,21). The second-order valence-corrected chi connectivity index (χ2v) is 4.84. The number of hydrogen-bond acceptors (Lipinski definition) is 4. The summed E-state index contributed by atoms with van der Waals surface area (Å²) in [6, 6.07) is 9.19. The predicted octanol–water partition coefficient (Wildman–Crippen LogP) is 0.794. The van der Waals surface area contributed by atoms with Crippen LogP contribution in [0, 0.1) is 0 Å². The lowest BCUT2D eigenvalue weighted by atomic mass is 10.2. The van der Waals surface area contributed by atoms with Crippen LogP contribution in [0.15, 0.2) is 48.9 Å². The van der Waals surface area contributed by atoms with Gasteiger partial charge in [0.15, 0.2) is 0 Å². The molecule has 0 atom stereocenters. The summed E-state index contributed by atoms with van der Waals surface area (Å²) < 4.78 is 0. The van der Waals surface area contributed by atoms with Crippen molar-refractivity contribution >= 4 is 11.8 Å². The van der Waals surface area contributed by atoms with Crippen molar-refractivity contribution in [2.75, 3.05) is 13.6 Å². The Morgan fingerprint density at radius 1 is 1.14 bits per heavy atom. The largest absolute Gasteiger partial charge is 0.342 e. The first-order valence-corrected chi connectivity index (χ1v) is 6.99. The van der Waals surface area contributed by atoms with Crippen LogP contribution in [0.5, 0.6) is 0 Å². The zero-order valence-corrected chi connectivity index (χ0v) is 12.4. The molecule has 2 amide bonds. The molecule has 0 radical (unpaired) electrons. The number of amides is 2. The van der Waals surface area contributed by atoms with Crippen molar-refractivity contribution in [3.8, 4) is 0 Å². The van der Waals surface area contributed by atoms with Crippen LogP contribution in [0.2, 0.25) is 0 Å². The van der Waals surface area contributed by atoms with Gasteiger partial charge in [0, 0.05) is 32.2 Å². The molecule has 2 heterocycles. The molecule has 2 rings (SSSR count). The van der Waals surface area contributed by atoms with E-state index in [-0.39, 0.29) is 6.54 Å². The number of likely N-dealkylation sites (N-methyl/N-ethyl adjacent to an activating group) is 1. The van der Waals surface area contributed by atoms with Gasteiger partial charge in [0.1, 0.15) is 0 Å². The Kier molecular flexibility index (Phi) is 5.59.